The van der Waals surface area contributed by atoms with Crippen molar-refractivity contribution in [1.29, 1.82) is 0 Å². The average molecular weight is 230 g/mol. The fourth-order valence-corrected chi connectivity index (χ4v) is 1.81. The Hall–Kier alpha value is -1.77. The molecule has 0 saturated heterocycles. The van der Waals surface area contributed by atoms with E-state index in [0.717, 1.165) is 22.7 Å². The molecule has 0 fully saturated rings. The lowest BCUT2D eigenvalue weighted by molar-refractivity contribution is 0.292. The molecule has 0 aliphatic heterocycles. The fourth-order valence-electron chi connectivity index (χ4n) is 1.81. The van der Waals surface area contributed by atoms with Gasteiger partial charge in [-0.25, -0.2) is 0 Å². The van der Waals surface area contributed by atoms with Gasteiger partial charge in [-0.2, -0.15) is 5.10 Å². The smallest absolute Gasteiger partial charge is 0.130 e. The molecule has 3 heteroatoms. The molecule has 2 rings (SSSR count). The van der Waals surface area contributed by atoms with Crippen LogP contribution in [0.2, 0.25) is 0 Å². The molecule has 0 N–H and O–H groups in total. The minimum absolute atomic E-state index is 0.557. The summed E-state index contributed by atoms with van der Waals surface area (Å²) in [4.78, 5) is 0. The van der Waals surface area contributed by atoms with Gasteiger partial charge in [0.2, 0.25) is 0 Å². The van der Waals surface area contributed by atoms with Crippen LogP contribution in [-0.4, -0.2) is 9.78 Å². The first-order valence-corrected chi connectivity index (χ1v) is 5.76. The molecule has 0 aliphatic carbocycles. The minimum atomic E-state index is 0.557. The topological polar surface area (TPSA) is 27.1 Å². The monoisotopic (exact) mass is 230 g/mol. The van der Waals surface area contributed by atoms with Crippen LogP contribution in [0.25, 0.3) is 0 Å². The summed E-state index contributed by atoms with van der Waals surface area (Å²) >= 11 is 0. The van der Waals surface area contributed by atoms with E-state index in [-0.39, 0.29) is 0 Å². The van der Waals surface area contributed by atoms with Crippen LogP contribution in [0.5, 0.6) is 5.75 Å². The Balaban J connectivity index is 2.12. The molecule has 0 spiro atoms. The number of hydrogen-bond acceptors (Lipinski definition) is 2. The molecule has 0 atom stereocenters. The van der Waals surface area contributed by atoms with Crippen LogP contribution in [-0.2, 0) is 13.7 Å². The van der Waals surface area contributed by atoms with Gasteiger partial charge < -0.3 is 4.74 Å². The van der Waals surface area contributed by atoms with E-state index in [9.17, 15) is 0 Å². The van der Waals surface area contributed by atoms with Gasteiger partial charge in [0.15, 0.2) is 0 Å². The number of aromatic nitrogens is 2. The van der Waals surface area contributed by atoms with Crippen LogP contribution in [0.1, 0.15) is 22.5 Å². The molecule has 0 bridgehead atoms. The minimum Gasteiger partial charge on any atom is -0.487 e. The summed E-state index contributed by atoms with van der Waals surface area (Å²) in [5.41, 5.74) is 4.48. The lowest BCUT2D eigenvalue weighted by Gasteiger charge is -2.09. The van der Waals surface area contributed by atoms with Crippen molar-refractivity contribution in [3.63, 3.8) is 0 Å². The third kappa shape index (κ3) is 2.67. The Kier molecular flexibility index (Phi) is 3.18. The lowest BCUT2D eigenvalue weighted by atomic mass is 10.1. The molecular formula is C14H18N2O. The summed E-state index contributed by atoms with van der Waals surface area (Å²) in [5.74, 6) is 0.948. The third-order valence-corrected chi connectivity index (χ3v) is 2.82. The molecular weight excluding hydrogens is 212 g/mol. The highest BCUT2D eigenvalue weighted by molar-refractivity contribution is 5.36. The number of benzene rings is 1. The number of rotatable bonds is 3. The summed E-state index contributed by atoms with van der Waals surface area (Å²) in [5, 5.41) is 4.30. The van der Waals surface area contributed by atoms with Crippen molar-refractivity contribution in [1.82, 2.24) is 9.78 Å². The van der Waals surface area contributed by atoms with Crippen LogP contribution in [0.3, 0.4) is 0 Å². The van der Waals surface area contributed by atoms with E-state index < -0.39 is 0 Å². The Morgan fingerprint density at radius 1 is 1.18 bits per heavy atom. The zero-order chi connectivity index (χ0) is 12.4. The van der Waals surface area contributed by atoms with E-state index in [2.05, 4.69) is 37.1 Å². The molecule has 17 heavy (non-hydrogen) atoms. The molecule has 0 unspecified atom stereocenters. The predicted octanol–water partition coefficient (Wildman–Crippen LogP) is 2.92. The van der Waals surface area contributed by atoms with E-state index in [0.29, 0.717) is 6.61 Å². The molecule has 90 valence electrons. The van der Waals surface area contributed by atoms with Crippen molar-refractivity contribution in [2.45, 2.75) is 27.4 Å². The maximum Gasteiger partial charge on any atom is 0.130 e. The van der Waals surface area contributed by atoms with Crippen molar-refractivity contribution in [2.75, 3.05) is 0 Å². The van der Waals surface area contributed by atoms with Crippen molar-refractivity contribution >= 4 is 0 Å². The number of nitrogens with zero attached hydrogens (tertiary/aromatic N) is 2. The van der Waals surface area contributed by atoms with E-state index in [1.807, 2.05) is 24.7 Å². The summed E-state index contributed by atoms with van der Waals surface area (Å²) in [6, 6.07) is 8.29. The fraction of sp³-hybridized carbons (Fsp3) is 0.357. The summed E-state index contributed by atoms with van der Waals surface area (Å²) in [6.07, 6.45) is 0. The second-order valence-electron chi connectivity index (χ2n) is 4.46. The van der Waals surface area contributed by atoms with Crippen LogP contribution < -0.4 is 4.74 Å². The second-order valence-corrected chi connectivity index (χ2v) is 4.46. The molecule has 0 aliphatic rings. The Bertz CT molecular complexity index is 529. The van der Waals surface area contributed by atoms with E-state index in [1.54, 1.807) is 0 Å². The van der Waals surface area contributed by atoms with Crippen LogP contribution >= 0.6 is 0 Å². The summed E-state index contributed by atoms with van der Waals surface area (Å²) in [6.45, 7) is 6.67. The van der Waals surface area contributed by atoms with Gasteiger partial charge in [0, 0.05) is 7.05 Å². The Morgan fingerprint density at radius 3 is 2.59 bits per heavy atom. The van der Waals surface area contributed by atoms with Crippen molar-refractivity contribution in [2.24, 2.45) is 7.05 Å². The van der Waals surface area contributed by atoms with Crippen molar-refractivity contribution < 1.29 is 4.74 Å². The SMILES string of the molecule is Cc1ccc(C)c(OCc2cc(C)nn2C)c1. The number of ether oxygens (including phenoxy) is 1. The third-order valence-electron chi connectivity index (χ3n) is 2.82. The largest absolute Gasteiger partial charge is 0.487 e. The van der Waals surface area contributed by atoms with Gasteiger partial charge in [-0.15, -0.1) is 0 Å². The zero-order valence-electron chi connectivity index (χ0n) is 10.8. The first kappa shape index (κ1) is 11.7. The molecule has 0 amide bonds. The van der Waals surface area contributed by atoms with Gasteiger partial charge in [0.25, 0.3) is 0 Å². The first-order chi connectivity index (χ1) is 8.06. The molecule has 1 heterocycles. The van der Waals surface area contributed by atoms with Gasteiger partial charge in [-0.3, -0.25) is 4.68 Å². The van der Waals surface area contributed by atoms with Crippen molar-refractivity contribution in [3.8, 4) is 5.75 Å². The molecule has 1 aromatic heterocycles. The van der Waals surface area contributed by atoms with E-state index >= 15 is 0 Å². The maximum atomic E-state index is 5.84. The van der Waals surface area contributed by atoms with Gasteiger partial charge in [0.1, 0.15) is 12.4 Å². The second kappa shape index (κ2) is 4.62. The molecule has 1 aromatic carbocycles. The van der Waals surface area contributed by atoms with Crippen molar-refractivity contribution in [3.05, 3.63) is 46.8 Å². The van der Waals surface area contributed by atoms with Gasteiger partial charge >= 0.3 is 0 Å². The molecule has 3 nitrogen and oxygen atoms in total. The van der Waals surface area contributed by atoms with Gasteiger partial charge in [0.05, 0.1) is 11.4 Å². The Morgan fingerprint density at radius 2 is 1.94 bits per heavy atom. The number of aryl methyl sites for hydroxylation is 4. The molecule has 0 saturated carbocycles. The quantitative estimate of drug-likeness (QED) is 0.810. The Labute approximate surface area is 102 Å². The van der Waals surface area contributed by atoms with Crippen LogP contribution in [0.4, 0.5) is 0 Å². The summed E-state index contributed by atoms with van der Waals surface area (Å²) < 4.78 is 7.70. The standard InChI is InChI=1S/C14H18N2O/c1-10-5-6-11(2)14(7-10)17-9-13-8-12(3)15-16(13)4/h5-8H,9H2,1-4H3. The average Bonchev–Trinajstić information content (AvgIpc) is 2.59. The number of hydrogen-bond donors (Lipinski definition) is 0. The first-order valence-electron chi connectivity index (χ1n) is 5.76. The van der Waals surface area contributed by atoms with Crippen LogP contribution in [0, 0.1) is 20.8 Å². The highest BCUT2D eigenvalue weighted by Crippen LogP contribution is 2.20. The van der Waals surface area contributed by atoms with E-state index in [4.69, 9.17) is 4.74 Å². The zero-order valence-corrected chi connectivity index (χ0v) is 10.8. The molecule has 2 aromatic rings. The maximum absolute atomic E-state index is 5.84. The van der Waals surface area contributed by atoms with E-state index in [1.165, 1.54) is 5.56 Å². The predicted molar refractivity (Wildman–Crippen MR) is 68.2 cm³/mol. The van der Waals surface area contributed by atoms with Gasteiger partial charge in [-0.1, -0.05) is 12.1 Å². The van der Waals surface area contributed by atoms with Gasteiger partial charge in [-0.05, 0) is 44.0 Å². The summed E-state index contributed by atoms with van der Waals surface area (Å²) in [7, 11) is 1.94. The molecule has 0 radical (unpaired) electrons. The normalized spacial score (nSPS) is 10.6. The van der Waals surface area contributed by atoms with Crippen LogP contribution in [0.15, 0.2) is 24.3 Å². The highest BCUT2D eigenvalue weighted by Gasteiger charge is 2.04. The highest BCUT2D eigenvalue weighted by atomic mass is 16.5. The lowest BCUT2D eigenvalue weighted by Crippen LogP contribution is -2.03.